The number of hydrogen-bond acceptors (Lipinski definition) is 6. The lowest BCUT2D eigenvalue weighted by atomic mass is 9.76. The molecule has 1 aliphatic rings. The van der Waals surface area contributed by atoms with Crippen molar-refractivity contribution in [1.82, 2.24) is 4.98 Å². The highest BCUT2D eigenvalue weighted by Crippen LogP contribution is 2.42. The van der Waals surface area contributed by atoms with E-state index in [0.717, 1.165) is 11.1 Å². The van der Waals surface area contributed by atoms with E-state index in [1.165, 1.54) is 11.8 Å². The predicted molar refractivity (Wildman–Crippen MR) is 106 cm³/mol. The van der Waals surface area contributed by atoms with Crippen LogP contribution in [0.25, 0.3) is 0 Å². The number of aromatic nitrogens is 1. The molecule has 6 heteroatoms. The molecule has 0 saturated heterocycles. The highest BCUT2D eigenvalue weighted by molar-refractivity contribution is 8.02. The number of thioether (sulfide) groups is 1. The molecule has 2 heterocycles. The first-order valence-corrected chi connectivity index (χ1v) is 9.82. The van der Waals surface area contributed by atoms with Gasteiger partial charge in [0.2, 0.25) is 0 Å². The van der Waals surface area contributed by atoms with Gasteiger partial charge in [0.15, 0.2) is 0 Å². The molecule has 0 aliphatic carbocycles. The molecule has 0 spiro atoms. The molecule has 0 fully saturated rings. The Balaban J connectivity index is 2.25. The maximum atomic E-state index is 13.0. The summed E-state index contributed by atoms with van der Waals surface area (Å²) in [5.74, 6) is -1.58. The molecule has 0 bridgehead atoms. The van der Waals surface area contributed by atoms with Crippen LogP contribution in [0.5, 0.6) is 0 Å². The molecule has 2 aromatic rings. The van der Waals surface area contributed by atoms with Gasteiger partial charge in [-0.3, -0.25) is 9.78 Å². The number of pyridine rings is 1. The minimum absolute atomic E-state index is 0.262. The van der Waals surface area contributed by atoms with Crippen molar-refractivity contribution in [3.63, 3.8) is 0 Å². The first kappa shape index (κ1) is 18.9. The first-order chi connectivity index (χ1) is 13.2. The van der Waals surface area contributed by atoms with E-state index in [1.54, 1.807) is 25.4 Å². The quantitative estimate of drug-likeness (QED) is 0.738. The Labute approximate surface area is 162 Å². The van der Waals surface area contributed by atoms with E-state index in [0.29, 0.717) is 16.3 Å². The second-order valence-corrected chi connectivity index (χ2v) is 6.69. The molecule has 0 amide bonds. The Morgan fingerprint density at radius 2 is 2.04 bits per heavy atom. The van der Waals surface area contributed by atoms with Crippen LogP contribution in [0.2, 0.25) is 0 Å². The van der Waals surface area contributed by atoms with Crippen molar-refractivity contribution in [2.75, 3.05) is 12.9 Å². The van der Waals surface area contributed by atoms with Gasteiger partial charge in [-0.25, -0.2) is 4.99 Å². The van der Waals surface area contributed by atoms with Gasteiger partial charge in [-0.15, -0.1) is 11.8 Å². The third kappa shape index (κ3) is 3.79. The van der Waals surface area contributed by atoms with Crippen LogP contribution >= 0.6 is 11.8 Å². The van der Waals surface area contributed by atoms with Crippen molar-refractivity contribution in [3.05, 3.63) is 76.6 Å². The smallest absolute Gasteiger partial charge is 0.316 e. The number of rotatable bonds is 5. The van der Waals surface area contributed by atoms with Crippen molar-refractivity contribution in [1.29, 1.82) is 5.26 Å². The number of aliphatic imine (C=N–C) groups is 1. The molecule has 0 radical (unpaired) electrons. The summed E-state index contributed by atoms with van der Waals surface area (Å²) in [6, 6.07) is 15.5. The number of esters is 1. The molecule has 0 saturated carbocycles. The van der Waals surface area contributed by atoms with Crippen molar-refractivity contribution >= 4 is 23.4 Å². The molecule has 136 valence electrons. The number of carbonyl (C=O) groups is 1. The standard InChI is InChI=1S/C21H19N3O2S/c1-3-26-21(25)18-17(15-10-7-11-23-13-15)16(12-22)20(27-2)24-19(18)14-8-5-4-6-9-14/h4-11,13,17-18H,3H2,1-2H3/t17-,18?/m1/s1. The Bertz CT molecular complexity index is 917. The van der Waals surface area contributed by atoms with Crippen LogP contribution in [0.15, 0.2) is 70.5 Å². The van der Waals surface area contributed by atoms with Gasteiger partial charge in [0.05, 0.1) is 24.0 Å². The molecule has 1 unspecified atom stereocenters. The van der Waals surface area contributed by atoms with Gasteiger partial charge in [-0.2, -0.15) is 5.26 Å². The zero-order valence-corrected chi connectivity index (χ0v) is 15.9. The Morgan fingerprint density at radius 3 is 2.63 bits per heavy atom. The van der Waals surface area contributed by atoms with E-state index in [-0.39, 0.29) is 12.6 Å². The van der Waals surface area contributed by atoms with Crippen LogP contribution in [0, 0.1) is 17.2 Å². The van der Waals surface area contributed by atoms with Crippen LogP contribution in [0.3, 0.4) is 0 Å². The van der Waals surface area contributed by atoms with E-state index in [4.69, 9.17) is 9.73 Å². The summed E-state index contributed by atoms with van der Waals surface area (Å²) in [6.45, 7) is 2.03. The van der Waals surface area contributed by atoms with Gasteiger partial charge in [-0.1, -0.05) is 36.4 Å². The minimum Gasteiger partial charge on any atom is -0.465 e. The maximum Gasteiger partial charge on any atom is 0.316 e. The monoisotopic (exact) mass is 377 g/mol. The molecule has 0 N–H and O–H groups in total. The zero-order chi connectivity index (χ0) is 19.2. The predicted octanol–water partition coefficient (Wildman–Crippen LogP) is 3.95. The van der Waals surface area contributed by atoms with E-state index >= 15 is 0 Å². The fourth-order valence-electron chi connectivity index (χ4n) is 3.22. The Hall–Kier alpha value is -2.91. The second kappa shape index (κ2) is 8.65. The second-order valence-electron chi connectivity index (χ2n) is 5.89. The van der Waals surface area contributed by atoms with Gasteiger partial charge in [0.1, 0.15) is 10.9 Å². The van der Waals surface area contributed by atoms with Gasteiger partial charge in [-0.05, 0) is 30.4 Å². The van der Waals surface area contributed by atoms with Crippen LogP contribution in [-0.2, 0) is 9.53 Å². The minimum atomic E-state index is -0.706. The van der Waals surface area contributed by atoms with Gasteiger partial charge in [0, 0.05) is 18.3 Å². The van der Waals surface area contributed by atoms with Crippen molar-refractivity contribution in [2.24, 2.45) is 10.9 Å². The lowest BCUT2D eigenvalue weighted by molar-refractivity contribution is -0.145. The maximum absolute atomic E-state index is 13.0. The Kier molecular flexibility index (Phi) is 6.05. The summed E-state index contributed by atoms with van der Waals surface area (Å²) in [5, 5.41) is 10.5. The molecular formula is C21H19N3O2S. The van der Waals surface area contributed by atoms with Crippen LogP contribution in [0.1, 0.15) is 24.0 Å². The molecule has 1 aromatic carbocycles. The van der Waals surface area contributed by atoms with E-state index in [2.05, 4.69) is 11.1 Å². The Morgan fingerprint density at radius 1 is 1.26 bits per heavy atom. The molecule has 27 heavy (non-hydrogen) atoms. The summed E-state index contributed by atoms with van der Waals surface area (Å²) in [6.07, 6.45) is 5.24. The van der Waals surface area contributed by atoms with Crippen molar-refractivity contribution < 1.29 is 9.53 Å². The van der Waals surface area contributed by atoms with Gasteiger partial charge >= 0.3 is 5.97 Å². The summed E-state index contributed by atoms with van der Waals surface area (Å²) < 4.78 is 5.37. The number of benzene rings is 1. The lowest BCUT2D eigenvalue weighted by Gasteiger charge is -2.31. The van der Waals surface area contributed by atoms with Crippen LogP contribution in [-0.4, -0.2) is 29.5 Å². The number of allylic oxidation sites excluding steroid dienone is 1. The number of nitrogens with zero attached hydrogens (tertiary/aromatic N) is 3. The van der Waals surface area contributed by atoms with Crippen LogP contribution in [0.4, 0.5) is 0 Å². The SMILES string of the molecule is CCOC(=O)C1C(c2ccccc2)=NC(SC)=C(C#N)[C@H]1c1cccnc1. The fourth-order valence-corrected chi connectivity index (χ4v) is 3.80. The molecule has 2 atom stereocenters. The van der Waals surface area contributed by atoms with Crippen LogP contribution < -0.4 is 0 Å². The molecule has 1 aliphatic heterocycles. The summed E-state index contributed by atoms with van der Waals surface area (Å²) in [7, 11) is 0. The molecular weight excluding hydrogens is 358 g/mol. The topological polar surface area (TPSA) is 75.3 Å². The lowest BCUT2D eigenvalue weighted by Crippen LogP contribution is -2.36. The van der Waals surface area contributed by atoms with Crippen molar-refractivity contribution in [3.8, 4) is 6.07 Å². The largest absolute Gasteiger partial charge is 0.465 e. The average molecular weight is 377 g/mol. The molecule has 1 aromatic heterocycles. The number of carbonyl (C=O) groups excluding carboxylic acids is 1. The highest BCUT2D eigenvalue weighted by Gasteiger charge is 2.42. The first-order valence-electron chi connectivity index (χ1n) is 8.60. The fraction of sp³-hybridized carbons (Fsp3) is 0.238. The van der Waals surface area contributed by atoms with Crippen molar-refractivity contribution in [2.45, 2.75) is 12.8 Å². The normalized spacial score (nSPS) is 19.2. The molecule has 3 rings (SSSR count). The summed E-state index contributed by atoms with van der Waals surface area (Å²) >= 11 is 1.40. The number of hydrogen-bond donors (Lipinski definition) is 0. The third-order valence-electron chi connectivity index (χ3n) is 4.36. The van der Waals surface area contributed by atoms with E-state index in [1.807, 2.05) is 42.7 Å². The van der Waals surface area contributed by atoms with Gasteiger partial charge < -0.3 is 4.74 Å². The third-order valence-corrected chi connectivity index (χ3v) is 5.06. The summed E-state index contributed by atoms with van der Waals surface area (Å²) in [5.41, 5.74) is 2.72. The van der Waals surface area contributed by atoms with Gasteiger partial charge in [0.25, 0.3) is 0 Å². The average Bonchev–Trinajstić information content (AvgIpc) is 2.73. The highest BCUT2D eigenvalue weighted by atomic mass is 32.2. The van der Waals surface area contributed by atoms with E-state index < -0.39 is 11.8 Å². The molecule has 5 nitrogen and oxygen atoms in total. The number of nitriles is 1. The van der Waals surface area contributed by atoms with E-state index in [9.17, 15) is 10.1 Å². The number of ether oxygens (including phenoxy) is 1. The summed E-state index contributed by atoms with van der Waals surface area (Å²) in [4.78, 5) is 21.8. The zero-order valence-electron chi connectivity index (χ0n) is 15.1.